The lowest BCUT2D eigenvalue weighted by Crippen LogP contribution is -2.34. The number of fused-ring (bicyclic) bond motifs is 1. The fourth-order valence-electron chi connectivity index (χ4n) is 3.24. The molecule has 3 heterocycles. The third-order valence-corrected chi connectivity index (χ3v) is 6.27. The van der Waals surface area contributed by atoms with Crippen LogP contribution in [0.4, 0.5) is 0 Å². The van der Waals surface area contributed by atoms with E-state index in [1.165, 1.54) is 20.9 Å². The molecule has 0 saturated carbocycles. The minimum atomic E-state index is 0.362. The minimum Gasteiger partial charge on any atom is -0.287 e. The molecule has 0 aliphatic carbocycles. The van der Waals surface area contributed by atoms with Crippen LogP contribution in [0, 0.1) is 11.3 Å². The van der Waals surface area contributed by atoms with Crippen molar-refractivity contribution in [1.82, 2.24) is 4.90 Å². The first-order chi connectivity index (χ1) is 11.3. The fraction of sp³-hybridized carbons (Fsp3) is 0.211. The van der Waals surface area contributed by atoms with Crippen molar-refractivity contribution in [3.05, 3.63) is 79.7 Å². The highest BCUT2D eigenvalue weighted by Crippen LogP contribution is 2.40. The van der Waals surface area contributed by atoms with Crippen LogP contribution in [0.1, 0.15) is 32.5 Å². The molecule has 0 fully saturated rings. The van der Waals surface area contributed by atoms with E-state index in [9.17, 15) is 0 Å². The topological polar surface area (TPSA) is 27.0 Å². The molecule has 114 valence electrons. The molecule has 0 spiro atoms. The number of hydrogen-bond acceptors (Lipinski definition) is 4. The van der Waals surface area contributed by atoms with Gasteiger partial charge in [-0.2, -0.15) is 5.26 Å². The fourth-order valence-corrected chi connectivity index (χ4v) is 5.02. The molecule has 1 atom stereocenters. The van der Waals surface area contributed by atoms with E-state index < -0.39 is 0 Å². The Balaban J connectivity index is 1.65. The smallest absolute Gasteiger partial charge is 0.0991 e. The average molecular weight is 336 g/mol. The Morgan fingerprint density at radius 3 is 2.70 bits per heavy atom. The number of nitriles is 1. The lowest BCUT2D eigenvalue weighted by molar-refractivity contribution is 0.209. The normalized spacial score (nSPS) is 17.6. The van der Waals surface area contributed by atoms with Gasteiger partial charge < -0.3 is 0 Å². The monoisotopic (exact) mass is 336 g/mol. The predicted molar refractivity (Wildman–Crippen MR) is 95.8 cm³/mol. The maximum absolute atomic E-state index is 8.94. The van der Waals surface area contributed by atoms with Gasteiger partial charge in [0.15, 0.2) is 0 Å². The molecule has 0 radical (unpaired) electrons. The van der Waals surface area contributed by atoms with E-state index in [1.54, 1.807) is 0 Å². The second-order valence-corrected chi connectivity index (χ2v) is 7.73. The summed E-state index contributed by atoms with van der Waals surface area (Å²) >= 11 is 3.72. The van der Waals surface area contributed by atoms with Crippen molar-refractivity contribution in [3.8, 4) is 6.07 Å². The van der Waals surface area contributed by atoms with E-state index >= 15 is 0 Å². The maximum Gasteiger partial charge on any atom is 0.0991 e. The lowest BCUT2D eigenvalue weighted by Gasteiger charge is -2.35. The second kappa shape index (κ2) is 6.29. The first-order valence-corrected chi connectivity index (χ1v) is 9.44. The van der Waals surface area contributed by atoms with Gasteiger partial charge >= 0.3 is 0 Å². The van der Waals surface area contributed by atoms with Crippen molar-refractivity contribution in [2.24, 2.45) is 0 Å². The van der Waals surface area contributed by atoms with Gasteiger partial charge in [-0.25, -0.2) is 0 Å². The number of nitrogens with zero attached hydrogens (tertiary/aromatic N) is 2. The number of benzene rings is 1. The highest BCUT2D eigenvalue weighted by molar-refractivity contribution is 7.10. The molecule has 1 aromatic carbocycles. The largest absolute Gasteiger partial charge is 0.287 e. The van der Waals surface area contributed by atoms with E-state index in [2.05, 4.69) is 52.1 Å². The molecule has 4 heteroatoms. The van der Waals surface area contributed by atoms with Gasteiger partial charge in [0.05, 0.1) is 17.7 Å². The zero-order valence-corrected chi connectivity index (χ0v) is 14.2. The van der Waals surface area contributed by atoms with Crippen LogP contribution in [0.3, 0.4) is 0 Å². The summed E-state index contributed by atoms with van der Waals surface area (Å²) in [6.45, 7) is 2.00. The van der Waals surface area contributed by atoms with Crippen LogP contribution < -0.4 is 0 Å². The van der Waals surface area contributed by atoms with Crippen molar-refractivity contribution >= 4 is 22.7 Å². The van der Waals surface area contributed by atoms with Crippen LogP contribution in [-0.4, -0.2) is 11.4 Å². The molecule has 2 aromatic heterocycles. The molecule has 0 N–H and O–H groups in total. The lowest BCUT2D eigenvalue weighted by atomic mass is 9.97. The number of thiophene rings is 2. The third-order valence-electron chi connectivity index (χ3n) is 4.35. The molecule has 3 aromatic rings. The van der Waals surface area contributed by atoms with Crippen molar-refractivity contribution in [1.29, 1.82) is 5.26 Å². The molecule has 0 amide bonds. The standard InChI is InChI=1S/C19H16N2S2/c20-12-14-3-5-15(6-4-14)13-21-9-7-17-16(8-11-23-17)19(21)18-2-1-10-22-18/h1-6,8,10-11,19H,7,9,13H2. The van der Waals surface area contributed by atoms with E-state index in [-0.39, 0.29) is 0 Å². The van der Waals surface area contributed by atoms with Gasteiger partial charge in [-0.05, 0) is 52.6 Å². The molecule has 1 aliphatic heterocycles. The zero-order valence-electron chi connectivity index (χ0n) is 12.6. The Morgan fingerprint density at radius 1 is 1.09 bits per heavy atom. The Bertz CT molecular complexity index is 825. The Labute approximate surface area is 144 Å². The summed E-state index contributed by atoms with van der Waals surface area (Å²) < 4.78 is 0. The van der Waals surface area contributed by atoms with Crippen molar-refractivity contribution < 1.29 is 0 Å². The molecule has 1 aliphatic rings. The van der Waals surface area contributed by atoms with Crippen molar-refractivity contribution in [2.45, 2.75) is 19.0 Å². The van der Waals surface area contributed by atoms with Gasteiger partial charge in [0.25, 0.3) is 0 Å². The molecule has 4 rings (SSSR count). The molecular formula is C19H16N2S2. The van der Waals surface area contributed by atoms with E-state index in [4.69, 9.17) is 5.26 Å². The molecule has 1 unspecified atom stereocenters. The Hall–Kier alpha value is -1.93. The predicted octanol–water partition coefficient (Wildman–Crippen LogP) is 4.83. The summed E-state index contributed by atoms with van der Waals surface area (Å²) in [5, 5.41) is 13.3. The highest BCUT2D eigenvalue weighted by atomic mass is 32.1. The van der Waals surface area contributed by atoms with E-state index in [0.717, 1.165) is 25.1 Å². The summed E-state index contributed by atoms with van der Waals surface area (Å²) in [6, 6.07) is 17.2. The first-order valence-electron chi connectivity index (χ1n) is 7.68. The zero-order chi connectivity index (χ0) is 15.6. The second-order valence-electron chi connectivity index (χ2n) is 5.75. The van der Waals surface area contributed by atoms with Crippen LogP contribution in [0.15, 0.2) is 53.2 Å². The average Bonchev–Trinajstić information content (AvgIpc) is 3.27. The Kier molecular flexibility index (Phi) is 4.00. The molecule has 2 nitrogen and oxygen atoms in total. The number of hydrogen-bond donors (Lipinski definition) is 0. The van der Waals surface area contributed by atoms with Gasteiger partial charge in [0, 0.05) is 22.8 Å². The van der Waals surface area contributed by atoms with Gasteiger partial charge in [-0.15, -0.1) is 22.7 Å². The summed E-state index contributed by atoms with van der Waals surface area (Å²) in [5.74, 6) is 0. The first kappa shape index (κ1) is 14.6. The van der Waals surface area contributed by atoms with Crippen LogP contribution in [0.5, 0.6) is 0 Å². The van der Waals surface area contributed by atoms with Gasteiger partial charge in [0.2, 0.25) is 0 Å². The molecule has 0 bridgehead atoms. The highest BCUT2D eigenvalue weighted by Gasteiger charge is 2.30. The van der Waals surface area contributed by atoms with E-state index in [1.807, 2.05) is 34.8 Å². The molecule has 0 saturated heterocycles. The van der Waals surface area contributed by atoms with Gasteiger partial charge in [0.1, 0.15) is 0 Å². The quantitative estimate of drug-likeness (QED) is 0.685. The minimum absolute atomic E-state index is 0.362. The summed E-state index contributed by atoms with van der Waals surface area (Å²) in [5.41, 5.74) is 3.46. The summed E-state index contributed by atoms with van der Waals surface area (Å²) in [7, 11) is 0. The van der Waals surface area contributed by atoms with Crippen LogP contribution in [-0.2, 0) is 13.0 Å². The maximum atomic E-state index is 8.94. The van der Waals surface area contributed by atoms with Crippen LogP contribution >= 0.6 is 22.7 Å². The summed E-state index contributed by atoms with van der Waals surface area (Å²) in [6.07, 6.45) is 1.13. The third kappa shape index (κ3) is 2.84. The molecular weight excluding hydrogens is 320 g/mol. The number of rotatable bonds is 3. The van der Waals surface area contributed by atoms with E-state index in [0.29, 0.717) is 6.04 Å². The van der Waals surface area contributed by atoms with Crippen molar-refractivity contribution in [3.63, 3.8) is 0 Å². The van der Waals surface area contributed by atoms with Crippen LogP contribution in [0.2, 0.25) is 0 Å². The SMILES string of the molecule is N#Cc1ccc(CN2CCc3sccc3C2c2cccs2)cc1. The van der Waals surface area contributed by atoms with Gasteiger partial charge in [-0.3, -0.25) is 4.90 Å². The Morgan fingerprint density at radius 2 is 1.96 bits per heavy atom. The van der Waals surface area contributed by atoms with Gasteiger partial charge in [-0.1, -0.05) is 18.2 Å². The summed E-state index contributed by atoms with van der Waals surface area (Å²) in [4.78, 5) is 5.50. The van der Waals surface area contributed by atoms with Crippen molar-refractivity contribution in [2.75, 3.05) is 6.54 Å². The van der Waals surface area contributed by atoms with Crippen LogP contribution in [0.25, 0.3) is 0 Å². The molecule has 23 heavy (non-hydrogen) atoms.